The van der Waals surface area contributed by atoms with Gasteiger partial charge in [-0.1, -0.05) is 60.7 Å². The van der Waals surface area contributed by atoms with Crippen LogP contribution in [-0.2, 0) is 9.53 Å². The second kappa shape index (κ2) is 8.70. The van der Waals surface area contributed by atoms with Crippen molar-refractivity contribution in [1.29, 1.82) is 0 Å². The number of hydrogen-bond donors (Lipinski definition) is 2. The van der Waals surface area contributed by atoms with Crippen LogP contribution in [0.3, 0.4) is 0 Å². The summed E-state index contributed by atoms with van der Waals surface area (Å²) in [4.78, 5) is 23.1. The highest BCUT2D eigenvalue weighted by Crippen LogP contribution is 2.21. The largest absolute Gasteiger partial charge is 0.450 e. The Labute approximate surface area is 135 Å². The van der Waals surface area contributed by atoms with E-state index in [1.54, 1.807) is 6.92 Å². The minimum Gasteiger partial charge on any atom is -0.450 e. The highest BCUT2D eigenvalue weighted by atomic mass is 16.5. The smallest absolute Gasteiger partial charge is 0.413 e. The van der Waals surface area contributed by atoms with E-state index in [0.717, 1.165) is 11.1 Å². The maximum absolute atomic E-state index is 11.8. The second-order valence-corrected chi connectivity index (χ2v) is 4.90. The van der Waals surface area contributed by atoms with Gasteiger partial charge < -0.3 is 4.74 Å². The van der Waals surface area contributed by atoms with Gasteiger partial charge in [-0.05, 0) is 18.1 Å². The Balaban J connectivity index is 2.05. The first-order chi connectivity index (χ1) is 11.2. The van der Waals surface area contributed by atoms with Crippen molar-refractivity contribution in [3.63, 3.8) is 0 Å². The van der Waals surface area contributed by atoms with E-state index in [1.807, 2.05) is 60.7 Å². The van der Waals surface area contributed by atoms with E-state index >= 15 is 0 Å². The van der Waals surface area contributed by atoms with E-state index in [-0.39, 0.29) is 19.2 Å². The summed E-state index contributed by atoms with van der Waals surface area (Å²) in [6, 6.07) is 19.5. The molecule has 2 aromatic carbocycles. The van der Waals surface area contributed by atoms with E-state index in [4.69, 9.17) is 0 Å². The van der Waals surface area contributed by atoms with E-state index in [9.17, 15) is 9.59 Å². The topological polar surface area (TPSA) is 67.4 Å². The van der Waals surface area contributed by atoms with Gasteiger partial charge in [-0.3, -0.25) is 15.4 Å². The molecule has 0 unspecified atom stereocenters. The zero-order chi connectivity index (χ0) is 16.5. The maximum Gasteiger partial charge on any atom is 0.413 e. The number of alkyl carbamates (subject to hydrolysis) is 1. The van der Waals surface area contributed by atoms with E-state index in [2.05, 4.69) is 15.4 Å². The van der Waals surface area contributed by atoms with Crippen LogP contribution in [0.1, 0.15) is 24.1 Å². The third-order valence-corrected chi connectivity index (χ3v) is 3.25. The molecule has 2 amide bonds. The Kier molecular flexibility index (Phi) is 6.32. The van der Waals surface area contributed by atoms with Crippen molar-refractivity contribution >= 4 is 12.0 Å². The van der Waals surface area contributed by atoms with Gasteiger partial charge in [0.15, 0.2) is 0 Å². The molecule has 2 N–H and O–H groups in total. The predicted octanol–water partition coefficient (Wildman–Crippen LogP) is 2.64. The molecule has 0 bridgehead atoms. The predicted molar refractivity (Wildman–Crippen MR) is 87.9 cm³/mol. The van der Waals surface area contributed by atoms with Crippen LogP contribution in [0.4, 0.5) is 4.79 Å². The van der Waals surface area contributed by atoms with Gasteiger partial charge >= 0.3 is 6.09 Å². The molecule has 0 spiro atoms. The van der Waals surface area contributed by atoms with Gasteiger partial charge in [0.2, 0.25) is 5.91 Å². The molecule has 0 saturated heterocycles. The molecule has 0 aliphatic heterocycles. The fourth-order valence-corrected chi connectivity index (χ4v) is 2.24. The molecule has 120 valence electrons. The first-order valence-electron chi connectivity index (χ1n) is 7.50. The molecule has 2 rings (SSSR count). The van der Waals surface area contributed by atoms with Crippen molar-refractivity contribution in [1.82, 2.24) is 10.6 Å². The number of imide groups is 1. The number of carbonyl (C=O) groups excluding carboxylic acids is 2. The third kappa shape index (κ3) is 5.23. The van der Waals surface area contributed by atoms with Gasteiger partial charge in [0.25, 0.3) is 0 Å². The quantitative estimate of drug-likeness (QED) is 0.860. The first-order valence-corrected chi connectivity index (χ1v) is 7.50. The van der Waals surface area contributed by atoms with E-state index < -0.39 is 12.0 Å². The number of amides is 2. The minimum absolute atomic E-state index is 0.00721. The van der Waals surface area contributed by atoms with Gasteiger partial charge in [0.05, 0.1) is 19.2 Å². The lowest BCUT2D eigenvalue weighted by Crippen LogP contribution is -2.39. The molecule has 0 saturated carbocycles. The SMILES string of the molecule is CCOC(=O)NC(=O)CNC(c1ccccc1)c1ccccc1. The first kappa shape index (κ1) is 16.7. The molecule has 23 heavy (non-hydrogen) atoms. The van der Waals surface area contributed by atoms with Crippen molar-refractivity contribution in [2.24, 2.45) is 0 Å². The molecule has 0 fully saturated rings. The lowest BCUT2D eigenvalue weighted by atomic mass is 9.99. The summed E-state index contributed by atoms with van der Waals surface area (Å²) >= 11 is 0. The lowest BCUT2D eigenvalue weighted by molar-refractivity contribution is -0.119. The number of benzene rings is 2. The van der Waals surface area contributed by atoms with E-state index in [1.165, 1.54) is 0 Å². The van der Waals surface area contributed by atoms with E-state index in [0.29, 0.717) is 0 Å². The molecule has 2 aromatic rings. The van der Waals surface area contributed by atoms with Gasteiger partial charge in [0, 0.05) is 0 Å². The zero-order valence-electron chi connectivity index (χ0n) is 13.0. The standard InChI is InChI=1S/C18H20N2O3/c1-2-23-18(22)20-16(21)13-19-17(14-9-5-3-6-10-14)15-11-7-4-8-12-15/h3-12,17,19H,2,13H2,1H3,(H,20,21,22). The molecule has 5 heteroatoms. The number of ether oxygens (including phenoxy) is 1. The summed E-state index contributed by atoms with van der Waals surface area (Å²) in [7, 11) is 0. The van der Waals surface area contributed by atoms with Crippen LogP contribution < -0.4 is 10.6 Å². The molecule has 0 aromatic heterocycles. The highest BCUT2D eigenvalue weighted by molar-refractivity contribution is 5.92. The maximum atomic E-state index is 11.8. The van der Waals surface area contributed by atoms with Gasteiger partial charge in [-0.2, -0.15) is 0 Å². The van der Waals surface area contributed by atoms with Crippen LogP contribution in [0.15, 0.2) is 60.7 Å². The Hall–Kier alpha value is -2.66. The highest BCUT2D eigenvalue weighted by Gasteiger charge is 2.15. The molecule has 5 nitrogen and oxygen atoms in total. The molecular formula is C18H20N2O3. The van der Waals surface area contributed by atoms with Crippen molar-refractivity contribution in [3.05, 3.63) is 71.8 Å². The number of hydrogen-bond acceptors (Lipinski definition) is 4. The summed E-state index contributed by atoms with van der Waals surface area (Å²) in [6.07, 6.45) is -0.727. The summed E-state index contributed by atoms with van der Waals surface area (Å²) in [5.74, 6) is -0.430. The van der Waals surface area contributed by atoms with Gasteiger partial charge in [-0.15, -0.1) is 0 Å². The fraction of sp³-hybridized carbons (Fsp3) is 0.222. The molecule has 0 atom stereocenters. The summed E-state index contributed by atoms with van der Waals surface area (Å²) in [6.45, 7) is 1.92. The van der Waals surface area contributed by atoms with Crippen molar-refractivity contribution in [2.75, 3.05) is 13.2 Å². The van der Waals surface area contributed by atoms with Crippen LogP contribution in [0, 0.1) is 0 Å². The molecule has 0 heterocycles. The number of nitrogens with one attached hydrogen (secondary N) is 2. The normalized spacial score (nSPS) is 10.3. The summed E-state index contributed by atoms with van der Waals surface area (Å²) < 4.78 is 4.69. The van der Waals surface area contributed by atoms with Gasteiger partial charge in [0.1, 0.15) is 0 Å². The average molecular weight is 312 g/mol. The molecule has 0 radical (unpaired) electrons. The summed E-state index contributed by atoms with van der Waals surface area (Å²) in [5.41, 5.74) is 2.09. The van der Waals surface area contributed by atoms with Crippen LogP contribution in [-0.4, -0.2) is 25.2 Å². The van der Waals surface area contributed by atoms with Crippen LogP contribution >= 0.6 is 0 Å². The molecule has 0 aliphatic carbocycles. The Bertz CT molecular complexity index is 590. The van der Waals surface area contributed by atoms with Crippen LogP contribution in [0.2, 0.25) is 0 Å². The third-order valence-electron chi connectivity index (χ3n) is 3.25. The second-order valence-electron chi connectivity index (χ2n) is 4.90. The van der Waals surface area contributed by atoms with Crippen molar-refractivity contribution in [3.8, 4) is 0 Å². The molecular weight excluding hydrogens is 292 g/mol. The fourth-order valence-electron chi connectivity index (χ4n) is 2.24. The minimum atomic E-state index is -0.727. The van der Waals surface area contributed by atoms with Gasteiger partial charge in [-0.25, -0.2) is 4.79 Å². The van der Waals surface area contributed by atoms with Crippen LogP contribution in [0.25, 0.3) is 0 Å². The monoisotopic (exact) mass is 312 g/mol. The lowest BCUT2D eigenvalue weighted by Gasteiger charge is -2.19. The van der Waals surface area contributed by atoms with Crippen molar-refractivity contribution < 1.29 is 14.3 Å². The Morgan fingerprint density at radius 2 is 1.48 bits per heavy atom. The number of carbonyl (C=O) groups is 2. The Morgan fingerprint density at radius 1 is 0.957 bits per heavy atom. The summed E-state index contributed by atoms with van der Waals surface area (Å²) in [5, 5.41) is 5.36. The number of rotatable bonds is 6. The van der Waals surface area contributed by atoms with Crippen molar-refractivity contribution in [2.45, 2.75) is 13.0 Å². The average Bonchev–Trinajstić information content (AvgIpc) is 2.57. The molecule has 0 aliphatic rings. The Morgan fingerprint density at radius 3 is 1.96 bits per heavy atom. The van der Waals surface area contributed by atoms with Crippen LogP contribution in [0.5, 0.6) is 0 Å². The zero-order valence-corrected chi connectivity index (χ0v) is 13.0.